The minimum atomic E-state index is -3.24. The third kappa shape index (κ3) is 5.14. The van der Waals surface area contributed by atoms with E-state index in [9.17, 15) is 17.6 Å². The second kappa shape index (κ2) is 8.07. The molecule has 3 rings (SSSR count). The van der Waals surface area contributed by atoms with Gasteiger partial charge in [-0.25, -0.2) is 17.8 Å². The van der Waals surface area contributed by atoms with E-state index in [1.807, 2.05) is 0 Å². The van der Waals surface area contributed by atoms with Crippen molar-refractivity contribution >= 4 is 43.6 Å². The van der Waals surface area contributed by atoms with Gasteiger partial charge in [-0.05, 0) is 48.9 Å². The van der Waals surface area contributed by atoms with Gasteiger partial charge in [0.2, 0.25) is 5.91 Å². The largest absolute Gasteiger partial charge is 0.332 e. The minimum Gasteiger partial charge on any atom is -0.332 e. The Hall–Kier alpha value is -2.78. The molecule has 146 valence electrons. The Labute approximate surface area is 166 Å². The number of sulfone groups is 1. The van der Waals surface area contributed by atoms with Crippen LogP contribution in [0, 0.1) is 12.7 Å². The zero-order chi connectivity index (χ0) is 20.3. The lowest BCUT2D eigenvalue weighted by Crippen LogP contribution is -2.14. The fraction of sp³-hybridized carbons (Fsp3) is 0.158. The minimum absolute atomic E-state index is 0.0562. The average Bonchev–Trinajstić information content (AvgIpc) is 3.04. The zero-order valence-corrected chi connectivity index (χ0v) is 16.8. The Bertz CT molecular complexity index is 1110. The summed E-state index contributed by atoms with van der Waals surface area (Å²) in [6, 6.07) is 10.9. The molecule has 1 amide bonds. The molecule has 9 heteroatoms. The normalized spacial score (nSPS) is 11.2. The van der Waals surface area contributed by atoms with E-state index in [1.54, 1.807) is 36.6 Å². The van der Waals surface area contributed by atoms with Crippen LogP contribution in [0.25, 0.3) is 0 Å². The molecule has 0 bridgehead atoms. The maximum Gasteiger partial charge on any atom is 0.230 e. The molecule has 2 N–H and O–H groups in total. The van der Waals surface area contributed by atoms with Crippen LogP contribution in [0.15, 0.2) is 52.7 Å². The van der Waals surface area contributed by atoms with Gasteiger partial charge in [0.05, 0.1) is 17.0 Å². The summed E-state index contributed by atoms with van der Waals surface area (Å²) in [5.41, 5.74) is 2.17. The highest BCUT2D eigenvalue weighted by molar-refractivity contribution is 7.90. The summed E-state index contributed by atoms with van der Waals surface area (Å²) in [4.78, 5) is 16.7. The van der Waals surface area contributed by atoms with Gasteiger partial charge in [-0.2, -0.15) is 0 Å². The number of rotatable bonds is 6. The Balaban J connectivity index is 1.60. The molecule has 28 heavy (non-hydrogen) atoms. The van der Waals surface area contributed by atoms with E-state index >= 15 is 0 Å². The molecule has 0 aliphatic rings. The molecule has 0 unspecified atom stereocenters. The first-order valence-electron chi connectivity index (χ1n) is 8.28. The summed E-state index contributed by atoms with van der Waals surface area (Å²) in [7, 11) is -3.24. The first kappa shape index (κ1) is 20.0. The highest BCUT2D eigenvalue weighted by Gasteiger charge is 2.10. The van der Waals surface area contributed by atoms with Crippen LogP contribution >= 0.6 is 11.3 Å². The Morgan fingerprint density at radius 1 is 1.14 bits per heavy atom. The molecule has 0 saturated carbocycles. The van der Waals surface area contributed by atoms with Crippen LogP contribution in [0.1, 0.15) is 11.3 Å². The Morgan fingerprint density at radius 2 is 1.82 bits per heavy atom. The second-order valence-corrected chi connectivity index (χ2v) is 9.13. The number of hydrogen-bond acceptors (Lipinski definition) is 6. The summed E-state index contributed by atoms with van der Waals surface area (Å²) in [6.07, 6.45) is 1.21. The number of nitrogens with zero attached hydrogens (tertiary/aromatic N) is 1. The molecule has 1 aromatic heterocycles. The van der Waals surface area contributed by atoms with Gasteiger partial charge < -0.3 is 10.6 Å². The van der Waals surface area contributed by atoms with Gasteiger partial charge >= 0.3 is 0 Å². The van der Waals surface area contributed by atoms with Crippen molar-refractivity contribution in [3.8, 4) is 0 Å². The van der Waals surface area contributed by atoms with E-state index in [0.29, 0.717) is 27.8 Å². The van der Waals surface area contributed by atoms with E-state index in [1.165, 1.54) is 29.5 Å². The molecule has 0 fully saturated rings. The number of anilines is 3. The van der Waals surface area contributed by atoms with Gasteiger partial charge in [0.15, 0.2) is 15.0 Å². The summed E-state index contributed by atoms with van der Waals surface area (Å²) < 4.78 is 36.5. The van der Waals surface area contributed by atoms with Crippen LogP contribution in [-0.4, -0.2) is 25.6 Å². The fourth-order valence-electron chi connectivity index (χ4n) is 2.39. The lowest BCUT2D eigenvalue weighted by atomic mass is 10.2. The number of thiazole rings is 1. The van der Waals surface area contributed by atoms with Gasteiger partial charge in [0, 0.05) is 23.0 Å². The Kier molecular flexibility index (Phi) is 5.76. The van der Waals surface area contributed by atoms with Gasteiger partial charge in [-0.15, -0.1) is 11.3 Å². The number of benzene rings is 2. The maximum absolute atomic E-state index is 13.6. The third-order valence-electron chi connectivity index (χ3n) is 3.88. The average molecular weight is 420 g/mol. The zero-order valence-electron chi connectivity index (χ0n) is 15.2. The molecule has 0 aliphatic heterocycles. The molecule has 2 aromatic carbocycles. The molecule has 6 nitrogen and oxygen atoms in total. The number of aromatic nitrogens is 1. The summed E-state index contributed by atoms with van der Waals surface area (Å²) in [5, 5.41) is 8.05. The second-order valence-electron chi connectivity index (χ2n) is 6.25. The number of amides is 1. The van der Waals surface area contributed by atoms with E-state index in [-0.39, 0.29) is 23.0 Å². The predicted molar refractivity (Wildman–Crippen MR) is 108 cm³/mol. The monoisotopic (exact) mass is 419 g/mol. The number of nitrogens with one attached hydrogen (secondary N) is 2. The van der Waals surface area contributed by atoms with Gasteiger partial charge in [0.25, 0.3) is 0 Å². The fourth-order valence-corrected chi connectivity index (χ4v) is 3.76. The number of carbonyl (C=O) groups is 1. The molecule has 3 aromatic rings. The predicted octanol–water partition coefficient (Wildman–Crippen LogP) is 3.92. The molecular weight excluding hydrogens is 401 g/mol. The lowest BCUT2D eigenvalue weighted by molar-refractivity contribution is -0.115. The van der Waals surface area contributed by atoms with Gasteiger partial charge in [-0.1, -0.05) is 6.07 Å². The van der Waals surface area contributed by atoms with Gasteiger partial charge in [-0.3, -0.25) is 4.79 Å². The van der Waals surface area contributed by atoms with Crippen LogP contribution in [0.4, 0.5) is 20.9 Å². The molecule has 1 heterocycles. The molecule has 0 atom stereocenters. The lowest BCUT2D eigenvalue weighted by Gasteiger charge is -2.05. The van der Waals surface area contributed by atoms with Crippen molar-refractivity contribution in [2.45, 2.75) is 18.2 Å². The molecular formula is C19H18FN3O3S2. The van der Waals surface area contributed by atoms with Crippen molar-refractivity contribution < 1.29 is 17.6 Å². The summed E-state index contributed by atoms with van der Waals surface area (Å²) in [6.45, 7) is 1.65. The van der Waals surface area contributed by atoms with Crippen LogP contribution in [-0.2, 0) is 21.1 Å². The first-order valence-corrected chi connectivity index (χ1v) is 11.1. The van der Waals surface area contributed by atoms with Crippen LogP contribution in [0.5, 0.6) is 0 Å². The van der Waals surface area contributed by atoms with Crippen LogP contribution < -0.4 is 10.6 Å². The highest BCUT2D eigenvalue weighted by atomic mass is 32.2. The number of aryl methyl sites for hydroxylation is 1. The maximum atomic E-state index is 13.6. The quantitative estimate of drug-likeness (QED) is 0.632. The van der Waals surface area contributed by atoms with Crippen LogP contribution in [0.2, 0.25) is 0 Å². The van der Waals surface area contributed by atoms with Crippen molar-refractivity contribution in [3.63, 3.8) is 0 Å². The smallest absolute Gasteiger partial charge is 0.230 e. The SMILES string of the molecule is Cc1ccc(NC(=O)Cc2csc(Nc3ccc(S(C)(=O)=O)cc3)n2)cc1F. The Morgan fingerprint density at radius 3 is 2.46 bits per heavy atom. The molecule has 0 aliphatic carbocycles. The summed E-state index contributed by atoms with van der Waals surface area (Å²) in [5.74, 6) is -0.669. The number of hydrogen-bond donors (Lipinski definition) is 2. The van der Waals surface area contributed by atoms with Crippen molar-refractivity contribution in [1.29, 1.82) is 0 Å². The van der Waals surface area contributed by atoms with Gasteiger partial charge in [0.1, 0.15) is 5.82 Å². The van der Waals surface area contributed by atoms with E-state index in [4.69, 9.17) is 0 Å². The van der Waals surface area contributed by atoms with E-state index < -0.39 is 9.84 Å². The number of halogens is 1. The van der Waals surface area contributed by atoms with Crippen molar-refractivity contribution in [2.75, 3.05) is 16.9 Å². The van der Waals surface area contributed by atoms with Crippen molar-refractivity contribution in [3.05, 3.63) is 64.9 Å². The molecule has 0 saturated heterocycles. The highest BCUT2D eigenvalue weighted by Crippen LogP contribution is 2.23. The van der Waals surface area contributed by atoms with E-state index in [2.05, 4.69) is 15.6 Å². The number of carbonyl (C=O) groups excluding carboxylic acids is 1. The van der Waals surface area contributed by atoms with Crippen molar-refractivity contribution in [2.24, 2.45) is 0 Å². The standard InChI is InChI=1S/C19H18FN3O3S2/c1-12-3-4-14(9-17(12)20)21-18(24)10-15-11-27-19(23-15)22-13-5-7-16(8-6-13)28(2,25)26/h3-9,11H,10H2,1-2H3,(H,21,24)(H,22,23). The third-order valence-corrected chi connectivity index (χ3v) is 5.82. The topological polar surface area (TPSA) is 88.2 Å². The molecule has 0 radical (unpaired) electrons. The summed E-state index contributed by atoms with van der Waals surface area (Å²) >= 11 is 1.33. The van der Waals surface area contributed by atoms with Crippen molar-refractivity contribution in [1.82, 2.24) is 4.98 Å². The van der Waals surface area contributed by atoms with Crippen LogP contribution in [0.3, 0.4) is 0 Å². The molecule has 0 spiro atoms. The van der Waals surface area contributed by atoms with E-state index in [0.717, 1.165) is 6.26 Å². The first-order chi connectivity index (χ1) is 13.2.